The van der Waals surface area contributed by atoms with E-state index in [0.29, 0.717) is 0 Å². The molecule has 0 spiro atoms. The molecule has 2 N–H and O–H groups in total. The van der Waals surface area contributed by atoms with Gasteiger partial charge in [-0.15, -0.1) is 0 Å². The Morgan fingerprint density at radius 1 is 1.42 bits per heavy atom. The number of nitro groups is 1. The van der Waals surface area contributed by atoms with Crippen LogP contribution in [-0.4, -0.2) is 24.0 Å². The van der Waals surface area contributed by atoms with E-state index in [0.717, 1.165) is 37.5 Å². The molecule has 1 aliphatic rings. The van der Waals surface area contributed by atoms with Gasteiger partial charge in [-0.2, -0.15) is 0 Å². The van der Waals surface area contributed by atoms with Crippen molar-refractivity contribution in [1.29, 1.82) is 0 Å². The summed E-state index contributed by atoms with van der Waals surface area (Å²) < 4.78 is 26.8. The van der Waals surface area contributed by atoms with Gasteiger partial charge in [0, 0.05) is 11.6 Å². The summed E-state index contributed by atoms with van der Waals surface area (Å²) in [7, 11) is -3.82. The number of nitrogens with one attached hydrogen (secondary N) is 1. The zero-order chi connectivity index (χ0) is 14.3. The normalized spacial score (nSPS) is 17.7. The molecule has 1 aromatic carbocycles. The predicted molar refractivity (Wildman–Crippen MR) is 67.3 cm³/mol. The van der Waals surface area contributed by atoms with E-state index >= 15 is 0 Å². The topological polar surface area (TPSA) is 110 Å². The highest BCUT2D eigenvalue weighted by Crippen LogP contribution is 2.34. The van der Waals surface area contributed by atoms with E-state index in [1.165, 1.54) is 0 Å². The van der Waals surface area contributed by atoms with E-state index in [9.17, 15) is 23.6 Å². The van der Waals surface area contributed by atoms with Crippen molar-refractivity contribution in [3.05, 3.63) is 28.3 Å². The van der Waals surface area contributed by atoms with Gasteiger partial charge in [-0.3, -0.25) is 10.1 Å². The van der Waals surface area contributed by atoms with E-state index in [4.69, 9.17) is 0 Å². The van der Waals surface area contributed by atoms with Crippen LogP contribution in [0.25, 0.3) is 0 Å². The van der Waals surface area contributed by atoms with Crippen LogP contribution in [0.15, 0.2) is 23.1 Å². The number of phenolic OH excluding ortho intramolecular Hbond substituents is 1. The summed E-state index contributed by atoms with van der Waals surface area (Å²) in [5, 5.41) is 20.0. The SMILES string of the molecule is CC1(NS(=O)(=O)c2ccc(O)c([N+](=O)[O-])c2)CCC1. The van der Waals surface area contributed by atoms with Crippen molar-refractivity contribution in [2.45, 2.75) is 36.6 Å². The molecule has 1 fully saturated rings. The molecule has 1 aliphatic carbocycles. The fraction of sp³-hybridized carbons (Fsp3) is 0.455. The highest BCUT2D eigenvalue weighted by atomic mass is 32.2. The summed E-state index contributed by atoms with van der Waals surface area (Å²) in [5.74, 6) is -0.557. The van der Waals surface area contributed by atoms with Gasteiger partial charge in [-0.1, -0.05) is 0 Å². The largest absolute Gasteiger partial charge is 0.502 e. The monoisotopic (exact) mass is 286 g/mol. The highest BCUT2D eigenvalue weighted by Gasteiger charge is 2.36. The molecule has 0 bridgehead atoms. The first-order valence-electron chi connectivity index (χ1n) is 5.75. The molecule has 1 saturated carbocycles. The quantitative estimate of drug-likeness (QED) is 0.644. The number of aromatic hydroxyl groups is 1. The highest BCUT2D eigenvalue weighted by molar-refractivity contribution is 7.89. The molecule has 0 atom stereocenters. The van der Waals surface area contributed by atoms with Crippen LogP contribution in [-0.2, 0) is 10.0 Å². The second-order valence-corrected chi connectivity index (χ2v) is 6.61. The number of rotatable bonds is 4. The van der Waals surface area contributed by atoms with Gasteiger partial charge in [0.2, 0.25) is 10.0 Å². The number of phenols is 1. The Morgan fingerprint density at radius 3 is 2.53 bits per heavy atom. The number of nitrogens with zero attached hydrogens (tertiary/aromatic N) is 1. The minimum Gasteiger partial charge on any atom is -0.502 e. The maximum absolute atomic E-state index is 12.1. The Labute approximate surface area is 110 Å². The zero-order valence-electron chi connectivity index (χ0n) is 10.3. The third-order valence-electron chi connectivity index (χ3n) is 3.29. The van der Waals surface area contributed by atoms with Gasteiger partial charge in [-0.05, 0) is 38.3 Å². The maximum Gasteiger partial charge on any atom is 0.312 e. The molecule has 8 heteroatoms. The van der Waals surface area contributed by atoms with Crippen LogP contribution in [0, 0.1) is 10.1 Å². The summed E-state index contributed by atoms with van der Waals surface area (Å²) in [6.07, 6.45) is 2.44. The zero-order valence-corrected chi connectivity index (χ0v) is 11.1. The number of sulfonamides is 1. The van der Waals surface area contributed by atoms with Gasteiger partial charge < -0.3 is 5.11 Å². The third-order valence-corrected chi connectivity index (χ3v) is 4.93. The van der Waals surface area contributed by atoms with Gasteiger partial charge in [0.25, 0.3) is 0 Å². The second-order valence-electron chi connectivity index (χ2n) is 4.93. The number of hydrogen-bond acceptors (Lipinski definition) is 5. The van der Waals surface area contributed by atoms with Gasteiger partial charge in [0.05, 0.1) is 9.82 Å². The molecule has 0 unspecified atom stereocenters. The molecule has 2 rings (SSSR count). The summed E-state index contributed by atoms with van der Waals surface area (Å²) in [6.45, 7) is 1.79. The van der Waals surface area contributed by atoms with E-state index in [2.05, 4.69) is 4.72 Å². The smallest absolute Gasteiger partial charge is 0.312 e. The minimum absolute atomic E-state index is 0.217. The fourth-order valence-corrected chi connectivity index (χ4v) is 3.49. The van der Waals surface area contributed by atoms with Crippen LogP contribution in [0.5, 0.6) is 5.75 Å². The molecular weight excluding hydrogens is 272 g/mol. The lowest BCUT2D eigenvalue weighted by Gasteiger charge is -2.38. The molecule has 19 heavy (non-hydrogen) atoms. The first-order chi connectivity index (χ1) is 8.73. The molecule has 0 amide bonds. The molecule has 0 aliphatic heterocycles. The van der Waals surface area contributed by atoms with E-state index < -0.39 is 31.9 Å². The number of benzene rings is 1. The Hall–Kier alpha value is -1.67. The van der Waals surface area contributed by atoms with Crippen molar-refractivity contribution in [2.24, 2.45) is 0 Å². The Morgan fingerprint density at radius 2 is 2.05 bits per heavy atom. The maximum atomic E-state index is 12.1. The lowest BCUT2D eigenvalue weighted by atomic mass is 9.80. The minimum atomic E-state index is -3.82. The van der Waals surface area contributed by atoms with E-state index in [1.54, 1.807) is 6.92 Å². The van der Waals surface area contributed by atoms with Gasteiger partial charge in [0.1, 0.15) is 0 Å². The standard InChI is InChI=1S/C11H14N2O5S/c1-11(5-2-6-11)12-19(17,18)8-3-4-10(14)9(7-8)13(15)16/h3-4,7,12,14H,2,5-6H2,1H3. The van der Waals surface area contributed by atoms with Crippen molar-refractivity contribution >= 4 is 15.7 Å². The van der Waals surface area contributed by atoms with Crippen molar-refractivity contribution in [1.82, 2.24) is 4.72 Å². The van der Waals surface area contributed by atoms with Crippen LogP contribution in [0.3, 0.4) is 0 Å². The first kappa shape index (κ1) is 13.8. The molecule has 0 radical (unpaired) electrons. The lowest BCUT2D eigenvalue weighted by molar-refractivity contribution is -0.386. The third kappa shape index (κ3) is 2.69. The molecule has 0 saturated heterocycles. The molecule has 1 aromatic rings. The molecule has 7 nitrogen and oxygen atoms in total. The Bertz CT molecular complexity index is 622. The predicted octanol–water partition coefficient (Wildman–Crippen LogP) is 1.52. The van der Waals surface area contributed by atoms with Crippen molar-refractivity contribution in [3.8, 4) is 5.75 Å². The Kier molecular flexibility index (Phi) is 3.23. The average Bonchev–Trinajstić information content (AvgIpc) is 2.26. The van der Waals surface area contributed by atoms with Crippen LogP contribution >= 0.6 is 0 Å². The summed E-state index contributed by atoms with van der Waals surface area (Å²) in [5.41, 5.74) is -1.10. The lowest BCUT2D eigenvalue weighted by Crippen LogP contribution is -2.50. The van der Waals surface area contributed by atoms with E-state index in [1.807, 2.05) is 0 Å². The summed E-state index contributed by atoms with van der Waals surface area (Å²) >= 11 is 0. The molecular formula is C11H14N2O5S. The van der Waals surface area contributed by atoms with Gasteiger partial charge in [0.15, 0.2) is 5.75 Å². The molecule has 0 heterocycles. The van der Waals surface area contributed by atoms with Crippen molar-refractivity contribution in [2.75, 3.05) is 0 Å². The van der Waals surface area contributed by atoms with Crippen LogP contribution in [0.1, 0.15) is 26.2 Å². The van der Waals surface area contributed by atoms with Crippen molar-refractivity contribution in [3.63, 3.8) is 0 Å². The first-order valence-corrected chi connectivity index (χ1v) is 7.23. The molecule has 0 aromatic heterocycles. The summed E-state index contributed by atoms with van der Waals surface area (Å²) in [6, 6.07) is 3.02. The molecule has 104 valence electrons. The van der Waals surface area contributed by atoms with Crippen LogP contribution in [0.4, 0.5) is 5.69 Å². The summed E-state index contributed by atoms with van der Waals surface area (Å²) in [4.78, 5) is 9.65. The van der Waals surface area contributed by atoms with Gasteiger partial charge in [-0.25, -0.2) is 13.1 Å². The van der Waals surface area contributed by atoms with Gasteiger partial charge >= 0.3 is 5.69 Å². The average molecular weight is 286 g/mol. The van der Waals surface area contributed by atoms with Crippen molar-refractivity contribution < 1.29 is 18.4 Å². The Balaban J connectivity index is 2.35. The van der Waals surface area contributed by atoms with Crippen LogP contribution < -0.4 is 4.72 Å². The number of hydrogen-bond donors (Lipinski definition) is 2. The second kappa shape index (κ2) is 4.46. The van der Waals surface area contributed by atoms with E-state index in [-0.39, 0.29) is 4.90 Å². The van der Waals surface area contributed by atoms with Crippen LogP contribution in [0.2, 0.25) is 0 Å². The number of nitro benzene ring substituents is 1. The fourth-order valence-electron chi connectivity index (χ4n) is 2.01.